The Balaban J connectivity index is 0.00000420. The van der Waals surface area contributed by atoms with Gasteiger partial charge in [0.15, 0.2) is 24.6 Å². The summed E-state index contributed by atoms with van der Waals surface area (Å²) < 4.78 is 87.1. The van der Waals surface area contributed by atoms with Crippen LogP contribution in [0, 0.1) is 0 Å². The van der Waals surface area contributed by atoms with Crippen LogP contribution < -0.4 is 29.6 Å². The number of methoxy groups -OCH3 is 1. The van der Waals surface area contributed by atoms with E-state index in [9.17, 15) is 21.6 Å². The number of rotatable bonds is 7. The molecule has 29 heavy (non-hydrogen) atoms. The molecule has 5 atom stereocenters. The molecule has 0 saturated carbocycles. The molecular weight excluding hydrogens is 447 g/mol. The SMILES string of the molecule is CO[C@@H]1O[C@@H](C)[C@H](OC(=O)c2ccccc2)[C@@H](OS(=O)(=O)O)[C@H]1OS(=O)(=O)O.[Na+]. The first-order chi connectivity index (χ1) is 12.9. The van der Waals surface area contributed by atoms with Crippen molar-refractivity contribution in [2.75, 3.05) is 7.11 Å². The second kappa shape index (κ2) is 10.6. The fourth-order valence-electron chi connectivity index (χ4n) is 2.58. The summed E-state index contributed by atoms with van der Waals surface area (Å²) in [4.78, 5) is 12.3. The maximum Gasteiger partial charge on any atom is 1.00 e. The van der Waals surface area contributed by atoms with Crippen LogP contribution in [0.15, 0.2) is 30.3 Å². The summed E-state index contributed by atoms with van der Waals surface area (Å²) in [6.07, 6.45) is -8.06. The fraction of sp³-hybridized carbons (Fsp3) is 0.500. The van der Waals surface area contributed by atoms with E-state index in [4.69, 9.17) is 23.3 Å². The topological polar surface area (TPSA) is 172 Å². The standard InChI is InChI=1S/C14H18O12S2.Na/c1-8-10(24-13(15)9-6-4-3-5-7-9)11(25-27(16,17)18)12(14(22-2)23-8)26-28(19,20)21;/h3-8,10-12,14H,1-2H3,(H,16,17,18)(H,19,20,21);/q;+1/t8-,10-,11+,12+,14+;/m0./s1. The molecule has 12 nitrogen and oxygen atoms in total. The minimum Gasteiger partial charge on any atom is -0.453 e. The van der Waals surface area contributed by atoms with E-state index in [1.165, 1.54) is 19.1 Å². The van der Waals surface area contributed by atoms with Crippen LogP contribution in [0.5, 0.6) is 0 Å². The predicted molar refractivity (Wildman–Crippen MR) is 89.8 cm³/mol. The zero-order valence-electron chi connectivity index (χ0n) is 15.6. The van der Waals surface area contributed by atoms with Gasteiger partial charge in [-0.05, 0) is 19.1 Å². The Morgan fingerprint density at radius 3 is 1.97 bits per heavy atom. The number of carbonyl (C=O) groups is 1. The number of carbonyl (C=O) groups excluding carboxylic acids is 1. The number of ether oxygens (including phenoxy) is 3. The molecule has 0 spiro atoms. The molecule has 2 N–H and O–H groups in total. The van der Waals surface area contributed by atoms with Crippen LogP contribution in [0.1, 0.15) is 17.3 Å². The summed E-state index contributed by atoms with van der Waals surface area (Å²) in [6.45, 7) is 1.36. The first kappa shape index (κ1) is 26.4. The smallest absolute Gasteiger partial charge is 0.453 e. The Hall–Kier alpha value is -0.650. The van der Waals surface area contributed by atoms with E-state index in [0.717, 1.165) is 7.11 Å². The summed E-state index contributed by atoms with van der Waals surface area (Å²) in [5, 5.41) is 0. The van der Waals surface area contributed by atoms with Crippen LogP contribution in [0.4, 0.5) is 0 Å². The average Bonchev–Trinajstić information content (AvgIpc) is 2.58. The molecule has 158 valence electrons. The largest absolute Gasteiger partial charge is 1.00 e. The Labute approximate surface area is 189 Å². The molecular formula is C14H18NaO12S2+. The maximum absolute atomic E-state index is 12.3. The van der Waals surface area contributed by atoms with Crippen molar-refractivity contribution in [2.24, 2.45) is 0 Å². The van der Waals surface area contributed by atoms with Gasteiger partial charge in [0.05, 0.1) is 11.7 Å². The molecule has 1 aliphatic rings. The van der Waals surface area contributed by atoms with Crippen molar-refractivity contribution >= 4 is 26.8 Å². The third-order valence-electron chi connectivity index (χ3n) is 3.68. The van der Waals surface area contributed by atoms with E-state index in [1.54, 1.807) is 18.2 Å². The van der Waals surface area contributed by atoms with Gasteiger partial charge in [-0.1, -0.05) is 18.2 Å². The van der Waals surface area contributed by atoms with Gasteiger partial charge in [0, 0.05) is 7.11 Å². The summed E-state index contributed by atoms with van der Waals surface area (Å²) in [6, 6.07) is 7.58. The van der Waals surface area contributed by atoms with E-state index in [2.05, 4.69) is 8.37 Å². The molecule has 1 aromatic carbocycles. The minimum absolute atomic E-state index is 0. The van der Waals surface area contributed by atoms with E-state index in [-0.39, 0.29) is 35.1 Å². The first-order valence-electron chi connectivity index (χ1n) is 7.67. The second-order valence-corrected chi connectivity index (χ2v) is 7.75. The summed E-state index contributed by atoms with van der Waals surface area (Å²) >= 11 is 0. The molecule has 1 fully saturated rings. The normalized spacial score (nSPS) is 27.7. The first-order valence-corrected chi connectivity index (χ1v) is 10.4. The molecule has 15 heteroatoms. The summed E-state index contributed by atoms with van der Waals surface area (Å²) in [5.74, 6) is -0.911. The Morgan fingerprint density at radius 1 is 0.966 bits per heavy atom. The molecule has 0 radical (unpaired) electrons. The van der Waals surface area contributed by atoms with Gasteiger partial charge in [-0.2, -0.15) is 16.8 Å². The molecule has 2 rings (SSSR count). The van der Waals surface area contributed by atoms with Crippen LogP contribution in [0.25, 0.3) is 0 Å². The molecule has 0 bridgehead atoms. The number of benzene rings is 1. The third-order valence-corrected chi connectivity index (χ3v) is 4.61. The number of hydrogen-bond donors (Lipinski definition) is 2. The molecule has 0 aliphatic carbocycles. The summed E-state index contributed by atoms with van der Waals surface area (Å²) in [5.41, 5.74) is 0.0985. The van der Waals surface area contributed by atoms with Gasteiger partial charge >= 0.3 is 56.3 Å². The average molecular weight is 465 g/mol. The predicted octanol–water partition coefficient (Wildman–Crippen LogP) is -3.02. The van der Waals surface area contributed by atoms with Gasteiger partial charge in [-0.25, -0.2) is 13.2 Å². The van der Waals surface area contributed by atoms with Crippen molar-refractivity contribution in [3.05, 3.63) is 35.9 Å². The van der Waals surface area contributed by atoms with E-state index in [0.29, 0.717) is 0 Å². The molecule has 1 heterocycles. The second-order valence-electron chi connectivity index (χ2n) is 5.66. The van der Waals surface area contributed by atoms with Crippen LogP contribution in [-0.4, -0.2) is 69.7 Å². The molecule has 1 aromatic rings. The Kier molecular flexibility index (Phi) is 9.63. The Bertz CT molecular complexity index is 888. The van der Waals surface area contributed by atoms with Crippen LogP contribution in [-0.2, 0) is 43.4 Å². The van der Waals surface area contributed by atoms with Crippen molar-refractivity contribution in [3.8, 4) is 0 Å². The van der Waals surface area contributed by atoms with Crippen molar-refractivity contribution < 1.29 is 82.9 Å². The number of hydrogen-bond acceptors (Lipinski definition) is 10. The van der Waals surface area contributed by atoms with Gasteiger partial charge in [0.1, 0.15) is 0 Å². The van der Waals surface area contributed by atoms with Gasteiger partial charge in [0.25, 0.3) is 0 Å². The maximum atomic E-state index is 12.3. The van der Waals surface area contributed by atoms with Crippen molar-refractivity contribution in [1.82, 2.24) is 0 Å². The molecule has 1 aliphatic heterocycles. The van der Waals surface area contributed by atoms with Gasteiger partial charge in [0.2, 0.25) is 0 Å². The van der Waals surface area contributed by atoms with Crippen LogP contribution >= 0.6 is 0 Å². The zero-order chi connectivity index (χ0) is 21.1. The van der Waals surface area contributed by atoms with Crippen molar-refractivity contribution in [1.29, 1.82) is 0 Å². The van der Waals surface area contributed by atoms with Crippen LogP contribution in [0.2, 0.25) is 0 Å². The Morgan fingerprint density at radius 2 is 1.48 bits per heavy atom. The van der Waals surface area contributed by atoms with Gasteiger partial charge in [-0.3, -0.25) is 9.11 Å². The van der Waals surface area contributed by atoms with Gasteiger partial charge in [-0.15, -0.1) is 0 Å². The van der Waals surface area contributed by atoms with Crippen molar-refractivity contribution in [3.63, 3.8) is 0 Å². The molecule has 0 unspecified atom stereocenters. The molecule has 1 saturated heterocycles. The number of esters is 1. The quantitative estimate of drug-likeness (QED) is 0.238. The zero-order valence-corrected chi connectivity index (χ0v) is 19.2. The van der Waals surface area contributed by atoms with E-state index in [1.807, 2.05) is 0 Å². The van der Waals surface area contributed by atoms with E-state index < -0.39 is 57.5 Å². The van der Waals surface area contributed by atoms with Crippen LogP contribution in [0.3, 0.4) is 0 Å². The monoisotopic (exact) mass is 465 g/mol. The third kappa shape index (κ3) is 7.84. The van der Waals surface area contributed by atoms with Crippen molar-refractivity contribution in [2.45, 2.75) is 37.6 Å². The summed E-state index contributed by atoms with van der Waals surface area (Å²) in [7, 11) is -9.21. The fourth-order valence-corrected chi connectivity index (χ4v) is 3.57. The van der Waals surface area contributed by atoms with E-state index >= 15 is 0 Å². The molecule has 0 aromatic heterocycles. The minimum atomic E-state index is -5.16. The molecule has 0 amide bonds. The van der Waals surface area contributed by atoms with Gasteiger partial charge < -0.3 is 14.2 Å².